The van der Waals surface area contributed by atoms with Crippen molar-refractivity contribution in [2.45, 2.75) is 96.7 Å². The molecule has 0 aliphatic heterocycles. The van der Waals surface area contributed by atoms with E-state index in [-0.39, 0.29) is 23.0 Å². The average molecular weight is 594 g/mol. The number of anilines is 1. The molecule has 2 fully saturated rings. The molecule has 1 atom stereocenters. The number of ether oxygens (including phenoxy) is 1. The minimum absolute atomic E-state index is 0.0104. The lowest BCUT2D eigenvalue weighted by atomic mass is 9.95. The molecule has 1 unspecified atom stereocenters. The molecular formula is C29H41FN3O7P. The van der Waals surface area contributed by atoms with E-state index in [0.717, 1.165) is 51.4 Å². The molecule has 2 aliphatic carbocycles. The number of rotatable bonds is 9. The van der Waals surface area contributed by atoms with E-state index in [1.165, 1.54) is 18.7 Å². The summed E-state index contributed by atoms with van der Waals surface area (Å²) >= 11 is 0. The van der Waals surface area contributed by atoms with Gasteiger partial charge in [-0.25, -0.2) is 4.39 Å². The predicted octanol–water partition coefficient (Wildman–Crippen LogP) is 4.87. The number of nitrogens with one attached hydrogen (secondary N) is 2. The van der Waals surface area contributed by atoms with Crippen LogP contribution in [0.25, 0.3) is 10.9 Å². The van der Waals surface area contributed by atoms with Gasteiger partial charge in [0.1, 0.15) is 18.0 Å². The fourth-order valence-electron chi connectivity index (χ4n) is 5.68. The number of carbonyl (C=O) groups excluding carboxylic acids is 2. The predicted molar refractivity (Wildman–Crippen MR) is 155 cm³/mol. The summed E-state index contributed by atoms with van der Waals surface area (Å²) in [5.74, 6) is -2.06. The summed E-state index contributed by atoms with van der Waals surface area (Å²) < 4.78 is 34.2. The van der Waals surface area contributed by atoms with Gasteiger partial charge in [-0.1, -0.05) is 32.1 Å². The maximum atomic E-state index is 15.3. The van der Waals surface area contributed by atoms with Gasteiger partial charge >= 0.3 is 13.6 Å². The minimum Gasteiger partial charge on any atom is -0.463 e. The molecule has 1 aromatic heterocycles. The van der Waals surface area contributed by atoms with Gasteiger partial charge in [0, 0.05) is 23.7 Å². The number of aromatic nitrogens is 1. The first-order valence-electron chi connectivity index (χ1n) is 14.4. The van der Waals surface area contributed by atoms with Gasteiger partial charge in [0.15, 0.2) is 0 Å². The topological polar surface area (TPSA) is 147 Å². The number of nitrogens with zero attached hydrogens (tertiary/aromatic N) is 1. The van der Waals surface area contributed by atoms with Crippen LogP contribution in [-0.2, 0) is 14.1 Å². The number of carbonyl (C=O) groups is 2. The Bertz CT molecular complexity index is 1390. The van der Waals surface area contributed by atoms with Crippen LogP contribution >= 0.6 is 7.60 Å². The van der Waals surface area contributed by atoms with Crippen LogP contribution in [-0.4, -0.2) is 51.1 Å². The number of amides is 1. The van der Waals surface area contributed by atoms with Gasteiger partial charge in [-0.2, -0.15) is 0 Å². The van der Waals surface area contributed by atoms with Crippen molar-refractivity contribution in [2.75, 3.05) is 18.1 Å². The Labute approximate surface area is 239 Å². The molecule has 4 rings (SSSR count). The third-order valence-corrected chi connectivity index (χ3v) is 8.79. The maximum Gasteiger partial charge on any atom is 0.327 e. The molecule has 2 aromatic rings. The largest absolute Gasteiger partial charge is 0.463 e. The molecule has 0 spiro atoms. The minimum atomic E-state index is -4.62. The number of hydrogen-bond donors (Lipinski definition) is 4. The zero-order chi connectivity index (χ0) is 29.9. The highest BCUT2D eigenvalue weighted by Gasteiger charge is 2.30. The molecule has 1 amide bonds. The van der Waals surface area contributed by atoms with E-state index in [2.05, 4.69) is 10.6 Å². The van der Waals surface area contributed by atoms with Crippen LogP contribution in [0.2, 0.25) is 0 Å². The Kier molecular flexibility index (Phi) is 9.61. The van der Waals surface area contributed by atoms with Crippen LogP contribution in [0, 0.1) is 11.2 Å². The molecule has 10 nitrogen and oxygen atoms in total. The summed E-state index contributed by atoms with van der Waals surface area (Å²) in [4.78, 5) is 58.3. The van der Waals surface area contributed by atoms with Crippen molar-refractivity contribution in [2.24, 2.45) is 5.41 Å². The van der Waals surface area contributed by atoms with Gasteiger partial charge in [-0.05, 0) is 58.6 Å². The lowest BCUT2D eigenvalue weighted by Gasteiger charge is -2.25. The van der Waals surface area contributed by atoms with E-state index in [1.54, 1.807) is 26.8 Å². The molecule has 1 aromatic carbocycles. The molecular weight excluding hydrogens is 552 g/mol. The molecule has 41 heavy (non-hydrogen) atoms. The fraction of sp³-hybridized carbons (Fsp3) is 0.621. The first-order valence-corrected chi connectivity index (χ1v) is 16.2. The third kappa shape index (κ3) is 7.96. The highest BCUT2D eigenvalue weighted by molar-refractivity contribution is 7.51. The molecule has 2 aliphatic rings. The first kappa shape index (κ1) is 31.2. The molecule has 2 saturated carbocycles. The quantitative estimate of drug-likeness (QED) is 0.238. The number of hydrogen-bond acceptors (Lipinski definition) is 6. The van der Waals surface area contributed by atoms with E-state index >= 15 is 4.39 Å². The zero-order valence-corrected chi connectivity index (χ0v) is 24.8. The van der Waals surface area contributed by atoms with Gasteiger partial charge in [0.05, 0.1) is 28.8 Å². The highest BCUT2D eigenvalue weighted by atomic mass is 31.2. The van der Waals surface area contributed by atoms with Crippen LogP contribution in [0.5, 0.6) is 0 Å². The van der Waals surface area contributed by atoms with Crippen molar-refractivity contribution in [3.8, 4) is 0 Å². The number of fused-ring (bicyclic) bond motifs is 1. The van der Waals surface area contributed by atoms with E-state index in [9.17, 15) is 28.7 Å². The Balaban J connectivity index is 1.69. The van der Waals surface area contributed by atoms with E-state index in [4.69, 9.17) is 4.74 Å². The summed E-state index contributed by atoms with van der Waals surface area (Å²) in [5.41, 5.74) is -0.955. The molecule has 0 saturated heterocycles. The van der Waals surface area contributed by atoms with Crippen LogP contribution in [0.15, 0.2) is 23.1 Å². The van der Waals surface area contributed by atoms with Crippen LogP contribution in [0.1, 0.15) is 95.0 Å². The normalized spacial score (nSPS) is 17.9. The number of halogens is 1. The van der Waals surface area contributed by atoms with Gasteiger partial charge in [0.25, 0.3) is 5.91 Å². The van der Waals surface area contributed by atoms with Crippen molar-refractivity contribution in [1.82, 2.24) is 9.88 Å². The SMILES string of the molecule is CC(C)(C)C(=O)OCC(CP(=O)(O)O)NC(=O)c1cn(C2CCCC2)c2cc(NC3CCCCC3)c(F)cc2c1=O. The van der Waals surface area contributed by atoms with Crippen molar-refractivity contribution in [1.29, 1.82) is 0 Å². The fourth-order valence-corrected chi connectivity index (χ4v) is 6.45. The van der Waals surface area contributed by atoms with Crippen molar-refractivity contribution in [3.05, 3.63) is 39.9 Å². The second-order valence-electron chi connectivity index (χ2n) is 12.4. The lowest BCUT2D eigenvalue weighted by molar-refractivity contribution is -0.153. The second kappa shape index (κ2) is 12.6. The Morgan fingerprint density at radius 3 is 2.34 bits per heavy atom. The van der Waals surface area contributed by atoms with Gasteiger partial charge in [-0.15, -0.1) is 0 Å². The van der Waals surface area contributed by atoms with Crippen molar-refractivity contribution >= 4 is 36.1 Å². The Hall–Kier alpha value is -2.75. The summed E-state index contributed by atoms with van der Waals surface area (Å²) in [6.45, 7) is 4.40. The summed E-state index contributed by atoms with van der Waals surface area (Å²) in [6, 6.07) is 1.75. The van der Waals surface area contributed by atoms with Crippen molar-refractivity contribution < 1.29 is 33.1 Å². The highest BCUT2D eigenvalue weighted by Crippen LogP contribution is 2.36. The Morgan fingerprint density at radius 1 is 1.10 bits per heavy atom. The van der Waals surface area contributed by atoms with Gasteiger partial charge in [0.2, 0.25) is 5.43 Å². The summed E-state index contributed by atoms with van der Waals surface area (Å²) in [5, 5.41) is 5.84. The average Bonchev–Trinajstić information content (AvgIpc) is 3.42. The third-order valence-electron chi connectivity index (χ3n) is 7.87. The second-order valence-corrected chi connectivity index (χ2v) is 14.1. The van der Waals surface area contributed by atoms with Crippen molar-refractivity contribution in [3.63, 3.8) is 0 Å². The number of esters is 1. The Morgan fingerprint density at radius 2 is 1.73 bits per heavy atom. The molecule has 12 heteroatoms. The molecule has 4 N–H and O–H groups in total. The van der Waals surface area contributed by atoms with Gasteiger partial charge in [-0.3, -0.25) is 18.9 Å². The molecule has 0 bridgehead atoms. The van der Waals surface area contributed by atoms with Crippen LogP contribution in [0.3, 0.4) is 0 Å². The molecule has 0 radical (unpaired) electrons. The molecule has 226 valence electrons. The zero-order valence-electron chi connectivity index (χ0n) is 24.0. The molecule has 1 heterocycles. The van der Waals surface area contributed by atoms with E-state index < -0.39 is 54.9 Å². The lowest BCUT2D eigenvalue weighted by Crippen LogP contribution is -2.43. The van der Waals surface area contributed by atoms with Crippen LogP contribution < -0.4 is 16.1 Å². The number of benzene rings is 1. The monoisotopic (exact) mass is 593 g/mol. The smallest absolute Gasteiger partial charge is 0.327 e. The first-order chi connectivity index (χ1) is 19.2. The van der Waals surface area contributed by atoms with E-state index in [0.29, 0.717) is 11.2 Å². The summed E-state index contributed by atoms with van der Waals surface area (Å²) in [7, 11) is -4.62. The van der Waals surface area contributed by atoms with Crippen LogP contribution in [0.4, 0.5) is 10.1 Å². The van der Waals surface area contributed by atoms with Gasteiger partial charge < -0.3 is 29.7 Å². The summed E-state index contributed by atoms with van der Waals surface area (Å²) in [6.07, 6.45) is 9.55. The maximum absolute atomic E-state index is 15.3. The standard InChI is InChI=1S/C29H41FN3O7P/c1-29(2,3)28(36)40-16-19(17-41(37,38)39)32-27(35)22-15-33(20-11-7-8-12-20)25-14-24(23(30)13-21(25)26(22)34)31-18-9-5-4-6-10-18/h13-15,18-20,31H,4-12,16-17H2,1-3H3,(H,32,35)(H2,37,38,39). The van der Waals surface area contributed by atoms with E-state index in [1.807, 2.05) is 4.57 Å². The number of pyridine rings is 1.